The van der Waals surface area contributed by atoms with Gasteiger partial charge in [-0.05, 0) is 25.0 Å². The zero-order chi connectivity index (χ0) is 14.9. The summed E-state index contributed by atoms with van der Waals surface area (Å²) in [6.45, 7) is 0.115. The molecule has 0 aliphatic carbocycles. The Balaban J connectivity index is 2.34. The number of benzene rings is 1. The Labute approximate surface area is 118 Å². The van der Waals surface area contributed by atoms with Gasteiger partial charge in [0.2, 0.25) is 0 Å². The molecule has 7 heteroatoms. The molecule has 0 bridgehead atoms. The zero-order valence-electron chi connectivity index (χ0n) is 10.5. The van der Waals surface area contributed by atoms with Gasteiger partial charge in [0.15, 0.2) is 0 Å². The lowest BCUT2D eigenvalue weighted by Gasteiger charge is -2.36. The molecule has 1 aromatic carbocycles. The van der Waals surface area contributed by atoms with Gasteiger partial charge in [0.05, 0.1) is 22.2 Å². The molecule has 1 aliphatic rings. The van der Waals surface area contributed by atoms with Crippen LogP contribution in [0.5, 0.6) is 0 Å². The van der Waals surface area contributed by atoms with Gasteiger partial charge in [-0.1, -0.05) is 17.7 Å². The molecular formula is C13H13ClF3NO2. The van der Waals surface area contributed by atoms with Gasteiger partial charge in [-0.2, -0.15) is 13.2 Å². The Hall–Kier alpha value is -1.43. The van der Waals surface area contributed by atoms with Crippen molar-refractivity contribution in [2.24, 2.45) is 5.92 Å². The van der Waals surface area contributed by atoms with Crippen molar-refractivity contribution in [1.82, 2.24) is 0 Å². The third-order valence-electron chi connectivity index (χ3n) is 3.42. The van der Waals surface area contributed by atoms with Gasteiger partial charge >= 0.3 is 12.1 Å². The normalized spacial score (nSPS) is 20.0. The Kier molecular flexibility index (Phi) is 4.13. The van der Waals surface area contributed by atoms with Crippen LogP contribution in [0.3, 0.4) is 0 Å². The van der Waals surface area contributed by atoms with E-state index < -0.39 is 18.1 Å². The molecule has 1 fully saturated rings. The van der Waals surface area contributed by atoms with Crippen molar-refractivity contribution in [3.63, 3.8) is 0 Å². The first-order chi connectivity index (χ1) is 9.30. The summed E-state index contributed by atoms with van der Waals surface area (Å²) in [5.41, 5.74) is 0.107. The molecule has 1 heterocycles. The highest BCUT2D eigenvalue weighted by Crippen LogP contribution is 2.38. The molecule has 0 radical (unpaired) electrons. The van der Waals surface area contributed by atoms with Crippen LogP contribution in [0, 0.1) is 5.92 Å². The number of hydrogen-bond donors (Lipinski definition) is 1. The highest BCUT2D eigenvalue weighted by molar-refractivity contribution is 6.34. The average Bonchev–Trinajstić information content (AvgIpc) is 2.37. The lowest BCUT2D eigenvalue weighted by atomic mass is 9.96. The number of piperidine rings is 1. The third kappa shape index (κ3) is 3.00. The topological polar surface area (TPSA) is 40.5 Å². The number of anilines is 1. The lowest BCUT2D eigenvalue weighted by Crippen LogP contribution is -2.42. The second-order valence-corrected chi connectivity index (χ2v) is 5.18. The predicted molar refractivity (Wildman–Crippen MR) is 69.4 cm³/mol. The van der Waals surface area contributed by atoms with Crippen molar-refractivity contribution in [3.05, 3.63) is 28.8 Å². The predicted octanol–water partition coefficient (Wildman–Crippen LogP) is 3.82. The first kappa shape index (κ1) is 15.0. The van der Waals surface area contributed by atoms with Crippen molar-refractivity contribution in [2.75, 3.05) is 18.0 Å². The third-order valence-corrected chi connectivity index (χ3v) is 3.72. The Morgan fingerprint density at radius 2 is 2.10 bits per heavy atom. The first-order valence-electron chi connectivity index (χ1n) is 6.14. The molecule has 2 rings (SSSR count). The molecule has 1 atom stereocenters. The minimum atomic E-state index is -4.27. The monoisotopic (exact) mass is 307 g/mol. The van der Waals surface area contributed by atoms with Crippen LogP contribution in [0.25, 0.3) is 0 Å². The summed E-state index contributed by atoms with van der Waals surface area (Å²) in [6, 6.07) is 4.31. The lowest BCUT2D eigenvalue weighted by molar-refractivity contribution is -0.175. The maximum Gasteiger partial charge on any atom is 0.393 e. The van der Waals surface area contributed by atoms with Crippen LogP contribution in [0.15, 0.2) is 18.2 Å². The summed E-state index contributed by atoms with van der Waals surface area (Å²) in [6.07, 6.45) is -3.86. The van der Waals surface area contributed by atoms with Gasteiger partial charge < -0.3 is 10.0 Å². The number of rotatable bonds is 2. The van der Waals surface area contributed by atoms with E-state index in [-0.39, 0.29) is 29.2 Å². The van der Waals surface area contributed by atoms with E-state index >= 15 is 0 Å². The van der Waals surface area contributed by atoms with E-state index in [1.54, 1.807) is 0 Å². The van der Waals surface area contributed by atoms with E-state index in [1.165, 1.54) is 23.1 Å². The number of carboxylic acid groups (broad SMARTS) is 1. The molecule has 0 aromatic heterocycles. The van der Waals surface area contributed by atoms with Gasteiger partial charge in [0.1, 0.15) is 0 Å². The Morgan fingerprint density at radius 3 is 2.70 bits per heavy atom. The molecule has 0 spiro atoms. The van der Waals surface area contributed by atoms with Gasteiger partial charge in [-0.25, -0.2) is 4.79 Å². The van der Waals surface area contributed by atoms with Crippen LogP contribution in [-0.4, -0.2) is 30.3 Å². The Morgan fingerprint density at radius 1 is 1.40 bits per heavy atom. The van der Waals surface area contributed by atoms with Gasteiger partial charge in [-0.15, -0.1) is 0 Å². The fourth-order valence-electron chi connectivity index (χ4n) is 2.46. The summed E-state index contributed by atoms with van der Waals surface area (Å²) in [7, 11) is 0. The number of para-hydroxylation sites is 1. The quantitative estimate of drug-likeness (QED) is 0.903. The van der Waals surface area contributed by atoms with Crippen molar-refractivity contribution >= 4 is 23.3 Å². The van der Waals surface area contributed by atoms with Crippen LogP contribution in [-0.2, 0) is 0 Å². The molecule has 1 saturated heterocycles. The minimum Gasteiger partial charge on any atom is -0.478 e. The molecule has 0 saturated carbocycles. The van der Waals surface area contributed by atoms with E-state index in [1.807, 2.05) is 0 Å². The van der Waals surface area contributed by atoms with Crippen molar-refractivity contribution in [1.29, 1.82) is 0 Å². The second-order valence-electron chi connectivity index (χ2n) is 4.77. The van der Waals surface area contributed by atoms with E-state index in [0.29, 0.717) is 13.0 Å². The van der Waals surface area contributed by atoms with Crippen molar-refractivity contribution < 1.29 is 23.1 Å². The number of halogens is 4. The van der Waals surface area contributed by atoms with Crippen molar-refractivity contribution in [3.8, 4) is 0 Å². The molecule has 1 aromatic rings. The first-order valence-corrected chi connectivity index (χ1v) is 6.52. The number of carbonyl (C=O) groups is 1. The van der Waals surface area contributed by atoms with Crippen molar-refractivity contribution in [2.45, 2.75) is 19.0 Å². The van der Waals surface area contributed by atoms with E-state index in [0.717, 1.165) is 0 Å². The highest BCUT2D eigenvalue weighted by atomic mass is 35.5. The molecule has 1 unspecified atom stereocenters. The number of aromatic carboxylic acids is 1. The molecule has 1 N–H and O–H groups in total. The number of nitrogens with zero attached hydrogens (tertiary/aromatic N) is 1. The molecule has 20 heavy (non-hydrogen) atoms. The smallest absolute Gasteiger partial charge is 0.393 e. The fraction of sp³-hybridized carbons (Fsp3) is 0.462. The number of hydrogen-bond acceptors (Lipinski definition) is 2. The summed E-state index contributed by atoms with van der Waals surface area (Å²) < 4.78 is 38.4. The van der Waals surface area contributed by atoms with Crippen LogP contribution < -0.4 is 4.90 Å². The summed E-state index contributed by atoms with van der Waals surface area (Å²) in [5.74, 6) is -2.65. The van der Waals surface area contributed by atoms with Crippen LogP contribution in [0.2, 0.25) is 5.02 Å². The molecule has 110 valence electrons. The summed E-state index contributed by atoms with van der Waals surface area (Å²) in [4.78, 5) is 12.6. The van der Waals surface area contributed by atoms with Crippen LogP contribution in [0.1, 0.15) is 23.2 Å². The minimum absolute atomic E-state index is 0.0624. The standard InChI is InChI=1S/C13H13ClF3NO2/c14-10-5-1-4-9(12(19)20)11(10)18-6-2-3-8(7-18)13(15,16)17/h1,4-5,8H,2-3,6-7H2,(H,19,20). The molecule has 3 nitrogen and oxygen atoms in total. The van der Waals surface area contributed by atoms with Gasteiger partial charge in [0, 0.05) is 13.1 Å². The van der Waals surface area contributed by atoms with Gasteiger partial charge in [0.25, 0.3) is 0 Å². The Bertz CT molecular complexity index is 519. The maximum atomic E-state index is 12.8. The maximum absolute atomic E-state index is 12.8. The largest absolute Gasteiger partial charge is 0.478 e. The average molecular weight is 308 g/mol. The number of alkyl halides is 3. The molecule has 0 amide bonds. The summed E-state index contributed by atoms with van der Waals surface area (Å²) in [5, 5.41) is 9.30. The van der Waals surface area contributed by atoms with Crippen LogP contribution >= 0.6 is 11.6 Å². The van der Waals surface area contributed by atoms with Crippen LogP contribution in [0.4, 0.5) is 18.9 Å². The second kappa shape index (κ2) is 5.52. The number of carboxylic acids is 1. The van der Waals surface area contributed by atoms with E-state index in [2.05, 4.69) is 0 Å². The van der Waals surface area contributed by atoms with E-state index in [4.69, 9.17) is 16.7 Å². The van der Waals surface area contributed by atoms with E-state index in [9.17, 15) is 18.0 Å². The van der Waals surface area contributed by atoms with Gasteiger partial charge in [-0.3, -0.25) is 0 Å². The SMILES string of the molecule is O=C(O)c1cccc(Cl)c1N1CCCC(C(F)(F)F)C1. The zero-order valence-corrected chi connectivity index (χ0v) is 11.2. The summed E-state index contributed by atoms with van der Waals surface area (Å²) >= 11 is 5.98. The highest BCUT2D eigenvalue weighted by Gasteiger charge is 2.42. The fourth-order valence-corrected chi connectivity index (χ4v) is 2.75. The molecule has 1 aliphatic heterocycles. The molecular weight excluding hydrogens is 295 g/mol.